The SMILES string of the molecule is CCCCc1ccc(-n2nnnc2SCC(=O)NC(=O)NCC(C)C)cc1. The van der Waals surface area contributed by atoms with Crippen LogP contribution in [0.15, 0.2) is 29.4 Å². The molecule has 27 heavy (non-hydrogen) atoms. The monoisotopic (exact) mass is 390 g/mol. The fourth-order valence-corrected chi connectivity index (χ4v) is 2.94. The Morgan fingerprint density at radius 3 is 2.63 bits per heavy atom. The lowest BCUT2D eigenvalue weighted by atomic mass is 10.1. The highest BCUT2D eigenvalue weighted by atomic mass is 32.2. The fourth-order valence-electron chi connectivity index (χ4n) is 2.25. The molecule has 1 heterocycles. The maximum absolute atomic E-state index is 11.9. The Kier molecular flexibility index (Phi) is 8.25. The average molecular weight is 391 g/mol. The Hall–Kier alpha value is -2.42. The summed E-state index contributed by atoms with van der Waals surface area (Å²) in [6, 6.07) is 7.56. The van der Waals surface area contributed by atoms with E-state index in [9.17, 15) is 9.59 Å². The number of imide groups is 1. The minimum atomic E-state index is -0.489. The van der Waals surface area contributed by atoms with Crippen LogP contribution in [0.4, 0.5) is 4.79 Å². The van der Waals surface area contributed by atoms with Crippen molar-refractivity contribution < 1.29 is 9.59 Å². The topological polar surface area (TPSA) is 102 Å². The lowest BCUT2D eigenvalue weighted by Gasteiger charge is -2.08. The van der Waals surface area contributed by atoms with Gasteiger partial charge in [0.15, 0.2) is 0 Å². The van der Waals surface area contributed by atoms with E-state index < -0.39 is 11.9 Å². The van der Waals surface area contributed by atoms with Crippen LogP contribution in [0.5, 0.6) is 0 Å². The molecule has 3 amide bonds. The molecule has 0 radical (unpaired) electrons. The molecule has 2 N–H and O–H groups in total. The number of hydrogen-bond donors (Lipinski definition) is 2. The van der Waals surface area contributed by atoms with E-state index in [0.717, 1.165) is 24.9 Å². The zero-order valence-corrected chi connectivity index (χ0v) is 16.8. The van der Waals surface area contributed by atoms with Gasteiger partial charge in [0, 0.05) is 6.54 Å². The van der Waals surface area contributed by atoms with E-state index in [-0.39, 0.29) is 5.75 Å². The van der Waals surface area contributed by atoms with Gasteiger partial charge in [-0.1, -0.05) is 51.1 Å². The van der Waals surface area contributed by atoms with Crippen molar-refractivity contribution in [3.05, 3.63) is 29.8 Å². The van der Waals surface area contributed by atoms with E-state index in [0.29, 0.717) is 17.6 Å². The van der Waals surface area contributed by atoms with Crippen LogP contribution in [0.3, 0.4) is 0 Å². The normalized spacial score (nSPS) is 10.8. The summed E-state index contributed by atoms with van der Waals surface area (Å²) in [7, 11) is 0. The zero-order chi connectivity index (χ0) is 19.6. The maximum atomic E-state index is 11.9. The minimum absolute atomic E-state index is 0.0457. The average Bonchev–Trinajstić information content (AvgIpc) is 3.12. The molecule has 1 aromatic heterocycles. The standard InChI is InChI=1S/C18H26N6O2S/c1-4-5-6-14-7-9-15(10-8-14)24-18(21-22-23-24)27-12-16(25)20-17(26)19-11-13(2)3/h7-10,13H,4-6,11-12H2,1-3H3,(H2,19,20,25,26). The van der Waals surface area contributed by atoms with Gasteiger partial charge < -0.3 is 5.32 Å². The Morgan fingerprint density at radius 1 is 1.22 bits per heavy atom. The van der Waals surface area contributed by atoms with E-state index in [1.807, 2.05) is 26.0 Å². The van der Waals surface area contributed by atoms with E-state index in [1.165, 1.54) is 17.3 Å². The first kappa shape index (κ1) is 20.9. The number of urea groups is 1. The van der Waals surface area contributed by atoms with E-state index in [1.54, 1.807) is 4.68 Å². The summed E-state index contributed by atoms with van der Waals surface area (Å²) >= 11 is 1.18. The Labute approximate surface area is 163 Å². The van der Waals surface area contributed by atoms with Crippen molar-refractivity contribution >= 4 is 23.7 Å². The summed E-state index contributed by atoms with van der Waals surface area (Å²) in [5.41, 5.74) is 2.10. The fraction of sp³-hybridized carbons (Fsp3) is 0.500. The molecule has 0 aliphatic rings. The van der Waals surface area contributed by atoms with Crippen LogP contribution in [0.25, 0.3) is 5.69 Å². The van der Waals surface area contributed by atoms with Crippen molar-refractivity contribution in [1.82, 2.24) is 30.8 Å². The molecule has 8 nitrogen and oxygen atoms in total. The predicted octanol–water partition coefficient (Wildman–Crippen LogP) is 2.58. The van der Waals surface area contributed by atoms with Gasteiger partial charge in [-0.15, -0.1) is 5.10 Å². The van der Waals surface area contributed by atoms with Crippen LogP contribution in [-0.4, -0.2) is 44.4 Å². The van der Waals surface area contributed by atoms with Crippen molar-refractivity contribution in [2.24, 2.45) is 5.92 Å². The van der Waals surface area contributed by atoms with Gasteiger partial charge in [0.25, 0.3) is 0 Å². The largest absolute Gasteiger partial charge is 0.338 e. The molecule has 146 valence electrons. The van der Waals surface area contributed by atoms with Gasteiger partial charge in [-0.05, 0) is 46.9 Å². The number of tetrazole rings is 1. The van der Waals surface area contributed by atoms with Gasteiger partial charge in [-0.2, -0.15) is 4.68 Å². The van der Waals surface area contributed by atoms with Gasteiger partial charge in [0.05, 0.1) is 11.4 Å². The number of benzene rings is 1. The van der Waals surface area contributed by atoms with Crippen LogP contribution >= 0.6 is 11.8 Å². The number of carbonyl (C=O) groups is 2. The molecule has 0 aliphatic carbocycles. The molecular weight excluding hydrogens is 364 g/mol. The number of nitrogens with zero attached hydrogens (tertiary/aromatic N) is 4. The number of nitrogens with one attached hydrogen (secondary N) is 2. The smallest absolute Gasteiger partial charge is 0.321 e. The molecule has 0 unspecified atom stereocenters. The van der Waals surface area contributed by atoms with Crippen molar-refractivity contribution in [1.29, 1.82) is 0 Å². The predicted molar refractivity (Wildman–Crippen MR) is 105 cm³/mol. The number of thioether (sulfide) groups is 1. The quantitative estimate of drug-likeness (QED) is 0.638. The van der Waals surface area contributed by atoms with E-state index in [2.05, 4.69) is 45.2 Å². The third-order valence-corrected chi connectivity index (χ3v) is 4.62. The number of hydrogen-bond acceptors (Lipinski definition) is 6. The first-order valence-electron chi connectivity index (χ1n) is 9.07. The molecule has 0 atom stereocenters. The van der Waals surface area contributed by atoms with Crippen LogP contribution in [0, 0.1) is 5.92 Å². The molecule has 1 aromatic carbocycles. The molecule has 0 saturated heterocycles. The van der Waals surface area contributed by atoms with E-state index >= 15 is 0 Å². The van der Waals surface area contributed by atoms with Crippen molar-refractivity contribution in [2.75, 3.05) is 12.3 Å². The molecule has 0 spiro atoms. The molecule has 0 fully saturated rings. The van der Waals surface area contributed by atoms with Crippen molar-refractivity contribution in [3.8, 4) is 5.69 Å². The summed E-state index contributed by atoms with van der Waals surface area (Å²) in [6.45, 7) is 6.64. The highest BCUT2D eigenvalue weighted by Gasteiger charge is 2.13. The summed E-state index contributed by atoms with van der Waals surface area (Å²) in [5.74, 6) is -0.0340. The molecule has 9 heteroatoms. The van der Waals surface area contributed by atoms with Gasteiger partial charge in [0.2, 0.25) is 11.1 Å². The highest BCUT2D eigenvalue weighted by Crippen LogP contribution is 2.18. The second-order valence-corrected chi connectivity index (χ2v) is 7.53. The summed E-state index contributed by atoms with van der Waals surface area (Å²) < 4.78 is 1.58. The number of aromatic nitrogens is 4. The molecule has 0 saturated carbocycles. The number of aryl methyl sites for hydroxylation is 1. The number of amides is 3. The maximum Gasteiger partial charge on any atom is 0.321 e. The van der Waals surface area contributed by atoms with Crippen molar-refractivity contribution in [2.45, 2.75) is 45.2 Å². The highest BCUT2D eigenvalue weighted by molar-refractivity contribution is 7.99. The summed E-state index contributed by atoms with van der Waals surface area (Å²) in [4.78, 5) is 23.5. The lowest BCUT2D eigenvalue weighted by Crippen LogP contribution is -2.41. The van der Waals surface area contributed by atoms with Gasteiger partial charge >= 0.3 is 6.03 Å². The van der Waals surface area contributed by atoms with Crippen LogP contribution in [0.2, 0.25) is 0 Å². The third kappa shape index (κ3) is 7.01. The molecule has 0 bridgehead atoms. The molecular formula is C18H26N6O2S. The number of unbranched alkanes of at least 4 members (excludes halogenated alkanes) is 1. The first-order valence-corrected chi connectivity index (χ1v) is 10.1. The summed E-state index contributed by atoms with van der Waals surface area (Å²) in [5, 5.41) is 17.1. The number of carbonyl (C=O) groups excluding carboxylic acids is 2. The van der Waals surface area contributed by atoms with Crippen LogP contribution in [-0.2, 0) is 11.2 Å². The van der Waals surface area contributed by atoms with Gasteiger partial charge in [-0.3, -0.25) is 10.1 Å². The van der Waals surface area contributed by atoms with Crippen molar-refractivity contribution in [3.63, 3.8) is 0 Å². The second-order valence-electron chi connectivity index (χ2n) is 6.58. The Bertz CT molecular complexity index is 745. The molecule has 0 aliphatic heterocycles. The lowest BCUT2D eigenvalue weighted by molar-refractivity contribution is -0.117. The molecule has 2 aromatic rings. The first-order chi connectivity index (χ1) is 13.0. The second kappa shape index (κ2) is 10.7. The number of rotatable bonds is 9. The van der Waals surface area contributed by atoms with Gasteiger partial charge in [0.1, 0.15) is 0 Å². The zero-order valence-electron chi connectivity index (χ0n) is 15.9. The van der Waals surface area contributed by atoms with Crippen LogP contribution in [0.1, 0.15) is 39.2 Å². The third-order valence-electron chi connectivity index (χ3n) is 3.70. The summed E-state index contributed by atoms with van der Waals surface area (Å²) in [6.07, 6.45) is 3.37. The van der Waals surface area contributed by atoms with Gasteiger partial charge in [-0.25, -0.2) is 4.79 Å². The molecule has 2 rings (SSSR count). The Balaban J connectivity index is 1.89. The van der Waals surface area contributed by atoms with E-state index in [4.69, 9.17) is 0 Å². The Morgan fingerprint density at radius 2 is 1.96 bits per heavy atom. The van der Waals surface area contributed by atoms with Crippen LogP contribution < -0.4 is 10.6 Å². The minimum Gasteiger partial charge on any atom is -0.338 e.